The molecule has 0 saturated heterocycles. The Bertz CT molecular complexity index is 486. The normalized spacial score (nSPS) is 10.7. The van der Waals surface area contributed by atoms with Crippen LogP contribution in [0.25, 0.3) is 0 Å². The summed E-state index contributed by atoms with van der Waals surface area (Å²) in [6, 6.07) is 10.0. The summed E-state index contributed by atoms with van der Waals surface area (Å²) >= 11 is 0. The fraction of sp³-hybridized carbons (Fsp3) is 0.529. The van der Waals surface area contributed by atoms with Gasteiger partial charge in [0.25, 0.3) is 0 Å². The molecule has 0 aliphatic heterocycles. The van der Waals surface area contributed by atoms with Gasteiger partial charge >= 0.3 is 0 Å². The lowest BCUT2D eigenvalue weighted by Crippen LogP contribution is -2.40. The minimum atomic E-state index is -0.135. The van der Waals surface area contributed by atoms with Crippen LogP contribution in [0.15, 0.2) is 35.3 Å². The molecule has 1 aromatic carbocycles. The molecule has 0 radical (unpaired) electrons. The molecule has 0 heterocycles. The van der Waals surface area contributed by atoms with Crippen molar-refractivity contribution in [3.63, 3.8) is 0 Å². The number of carbonyl (C=O) groups excluding carboxylic acids is 1. The molecule has 8 heteroatoms. The molecular formula is C17H29IN4O3. The van der Waals surface area contributed by atoms with Crippen molar-refractivity contribution in [3.05, 3.63) is 35.9 Å². The molecule has 0 fully saturated rings. The monoisotopic (exact) mass is 464 g/mol. The highest BCUT2D eigenvalue weighted by Gasteiger charge is 2.01. The summed E-state index contributed by atoms with van der Waals surface area (Å²) < 4.78 is 10.5. The van der Waals surface area contributed by atoms with Gasteiger partial charge in [0, 0.05) is 26.7 Å². The molecule has 0 atom stereocenters. The van der Waals surface area contributed by atoms with Gasteiger partial charge in [-0.05, 0) is 12.5 Å². The number of methoxy groups -OCH3 is 1. The highest BCUT2D eigenvalue weighted by Crippen LogP contribution is 1.99. The van der Waals surface area contributed by atoms with E-state index >= 15 is 0 Å². The van der Waals surface area contributed by atoms with Crippen molar-refractivity contribution in [2.75, 3.05) is 46.5 Å². The van der Waals surface area contributed by atoms with Crippen molar-refractivity contribution < 1.29 is 14.3 Å². The van der Waals surface area contributed by atoms with Crippen LogP contribution in [0, 0.1) is 0 Å². The minimum Gasteiger partial charge on any atom is -0.383 e. The molecule has 1 amide bonds. The van der Waals surface area contributed by atoms with Crippen LogP contribution in [-0.2, 0) is 20.9 Å². The molecule has 0 aliphatic rings. The summed E-state index contributed by atoms with van der Waals surface area (Å²) in [6.45, 7) is 5.50. The Morgan fingerprint density at radius 2 is 1.80 bits per heavy atom. The zero-order valence-corrected chi connectivity index (χ0v) is 17.2. The molecule has 7 nitrogen and oxygen atoms in total. The first-order chi connectivity index (χ1) is 11.8. The number of carbonyl (C=O) groups is 1. The number of rotatable bonds is 11. The molecule has 0 spiro atoms. The van der Waals surface area contributed by atoms with E-state index in [-0.39, 0.29) is 36.4 Å². The molecule has 142 valence electrons. The van der Waals surface area contributed by atoms with Gasteiger partial charge in [-0.15, -0.1) is 24.0 Å². The van der Waals surface area contributed by atoms with E-state index in [1.807, 2.05) is 37.3 Å². The maximum atomic E-state index is 11.6. The van der Waals surface area contributed by atoms with Crippen LogP contribution in [-0.4, -0.2) is 58.4 Å². The number of halogens is 1. The predicted molar refractivity (Wildman–Crippen MR) is 110 cm³/mol. The number of nitrogens with zero attached hydrogens (tertiary/aromatic N) is 1. The summed E-state index contributed by atoms with van der Waals surface area (Å²) in [5.74, 6) is 0.465. The van der Waals surface area contributed by atoms with Gasteiger partial charge in [-0.3, -0.25) is 4.79 Å². The van der Waals surface area contributed by atoms with Gasteiger partial charge in [0.05, 0.1) is 19.8 Å². The van der Waals surface area contributed by atoms with Crippen LogP contribution in [0.5, 0.6) is 0 Å². The third-order valence-electron chi connectivity index (χ3n) is 3.00. The first kappa shape index (κ1) is 23.6. The van der Waals surface area contributed by atoms with Crippen molar-refractivity contribution in [3.8, 4) is 0 Å². The lowest BCUT2D eigenvalue weighted by atomic mass is 10.2. The maximum Gasteiger partial charge on any atom is 0.241 e. The highest BCUT2D eigenvalue weighted by molar-refractivity contribution is 14.0. The fourth-order valence-electron chi connectivity index (χ4n) is 1.85. The number of nitrogens with one attached hydrogen (secondary N) is 3. The van der Waals surface area contributed by atoms with E-state index in [2.05, 4.69) is 20.9 Å². The molecule has 1 aromatic rings. The molecule has 0 saturated carbocycles. The number of benzene rings is 1. The number of guanidine groups is 1. The predicted octanol–water partition coefficient (Wildman–Crippen LogP) is 1.14. The Labute approximate surface area is 167 Å². The topological polar surface area (TPSA) is 84.0 Å². The lowest BCUT2D eigenvalue weighted by molar-refractivity contribution is -0.119. The molecule has 0 aliphatic carbocycles. The van der Waals surface area contributed by atoms with Crippen LogP contribution in [0.3, 0.4) is 0 Å². The van der Waals surface area contributed by atoms with Crippen molar-refractivity contribution in [2.24, 2.45) is 4.99 Å². The Hall–Kier alpha value is -1.39. The number of hydrogen-bond donors (Lipinski definition) is 3. The Kier molecular flexibility index (Phi) is 15.2. The van der Waals surface area contributed by atoms with E-state index in [1.165, 1.54) is 0 Å². The molecule has 1 rings (SSSR count). The van der Waals surface area contributed by atoms with Gasteiger partial charge in [-0.1, -0.05) is 30.3 Å². The van der Waals surface area contributed by atoms with Crippen LogP contribution in [0.1, 0.15) is 12.5 Å². The van der Waals surface area contributed by atoms with Gasteiger partial charge < -0.3 is 25.4 Å². The van der Waals surface area contributed by atoms with E-state index in [0.717, 1.165) is 12.1 Å². The Balaban J connectivity index is 0.00000576. The van der Waals surface area contributed by atoms with Crippen LogP contribution in [0.4, 0.5) is 0 Å². The lowest BCUT2D eigenvalue weighted by Gasteiger charge is -2.11. The third kappa shape index (κ3) is 12.6. The number of aliphatic imine (C=N–C) groups is 1. The second-order valence-electron chi connectivity index (χ2n) is 5.00. The summed E-state index contributed by atoms with van der Waals surface area (Å²) in [5, 5.41) is 8.96. The Morgan fingerprint density at radius 1 is 1.08 bits per heavy atom. The summed E-state index contributed by atoms with van der Waals surface area (Å²) in [4.78, 5) is 15.8. The average Bonchev–Trinajstić information content (AvgIpc) is 2.60. The van der Waals surface area contributed by atoms with E-state index in [9.17, 15) is 4.79 Å². The zero-order chi connectivity index (χ0) is 17.5. The number of ether oxygens (including phenoxy) is 2. The van der Waals surface area contributed by atoms with E-state index in [4.69, 9.17) is 9.47 Å². The summed E-state index contributed by atoms with van der Waals surface area (Å²) in [5.41, 5.74) is 1.14. The fourth-order valence-corrected chi connectivity index (χ4v) is 1.85. The first-order valence-corrected chi connectivity index (χ1v) is 8.15. The Morgan fingerprint density at radius 3 is 2.48 bits per heavy atom. The third-order valence-corrected chi connectivity index (χ3v) is 3.00. The second kappa shape index (κ2) is 16.1. The van der Waals surface area contributed by atoms with Gasteiger partial charge in [0.1, 0.15) is 6.54 Å². The van der Waals surface area contributed by atoms with Crippen molar-refractivity contribution in [1.29, 1.82) is 0 Å². The minimum absolute atomic E-state index is 0. The maximum absolute atomic E-state index is 11.6. The quantitative estimate of drug-likeness (QED) is 0.198. The first-order valence-electron chi connectivity index (χ1n) is 8.15. The van der Waals surface area contributed by atoms with Gasteiger partial charge in [-0.25, -0.2) is 4.99 Å². The van der Waals surface area contributed by atoms with Crippen LogP contribution < -0.4 is 16.0 Å². The van der Waals surface area contributed by atoms with E-state index < -0.39 is 0 Å². The van der Waals surface area contributed by atoms with Crippen molar-refractivity contribution >= 4 is 35.8 Å². The number of amides is 1. The van der Waals surface area contributed by atoms with E-state index in [0.29, 0.717) is 38.9 Å². The van der Waals surface area contributed by atoms with Crippen LogP contribution >= 0.6 is 24.0 Å². The van der Waals surface area contributed by atoms with Gasteiger partial charge in [0.15, 0.2) is 5.96 Å². The largest absolute Gasteiger partial charge is 0.383 e. The molecular weight excluding hydrogens is 435 g/mol. The SMILES string of the molecule is CCNC(=NCC(=O)NCCOC)NCCOCc1ccccc1.I. The van der Waals surface area contributed by atoms with Crippen molar-refractivity contribution in [2.45, 2.75) is 13.5 Å². The molecule has 25 heavy (non-hydrogen) atoms. The summed E-state index contributed by atoms with van der Waals surface area (Å²) in [7, 11) is 1.59. The standard InChI is InChI=1S/C17H28N4O3.HI/c1-3-18-17(21-13-16(22)19-9-11-23-2)20-10-12-24-14-15-7-5-4-6-8-15;/h4-8H,3,9-14H2,1-2H3,(H,19,22)(H2,18,20,21);1H. The average molecular weight is 464 g/mol. The molecule has 0 aromatic heterocycles. The highest BCUT2D eigenvalue weighted by atomic mass is 127. The van der Waals surface area contributed by atoms with Crippen molar-refractivity contribution in [1.82, 2.24) is 16.0 Å². The molecule has 0 bridgehead atoms. The van der Waals surface area contributed by atoms with Crippen LogP contribution in [0.2, 0.25) is 0 Å². The second-order valence-corrected chi connectivity index (χ2v) is 5.00. The van der Waals surface area contributed by atoms with Gasteiger partial charge in [0.2, 0.25) is 5.91 Å². The molecule has 3 N–H and O–H groups in total. The summed E-state index contributed by atoms with van der Waals surface area (Å²) in [6.07, 6.45) is 0. The van der Waals surface area contributed by atoms with E-state index in [1.54, 1.807) is 7.11 Å². The van der Waals surface area contributed by atoms with Gasteiger partial charge in [-0.2, -0.15) is 0 Å². The zero-order valence-electron chi connectivity index (χ0n) is 14.9. The number of hydrogen-bond acceptors (Lipinski definition) is 4. The molecule has 0 unspecified atom stereocenters. The smallest absolute Gasteiger partial charge is 0.241 e.